The molecule has 12 heteroatoms. The molecule has 1 amide bonds. The molecule has 0 fully saturated rings. The second-order valence-corrected chi connectivity index (χ2v) is 8.40. The van der Waals surface area contributed by atoms with Crippen LogP contribution in [0.3, 0.4) is 0 Å². The molecule has 0 unspecified atom stereocenters. The van der Waals surface area contributed by atoms with Crippen LogP contribution in [-0.4, -0.2) is 36.2 Å². The molecule has 168 valence electrons. The lowest BCUT2D eigenvalue weighted by atomic mass is 10.2. The zero-order chi connectivity index (χ0) is 23.5. The van der Waals surface area contributed by atoms with Crippen LogP contribution in [-0.2, 0) is 0 Å². The normalized spacial score (nSPS) is 11.1. The quantitative estimate of drug-likeness (QED) is 0.181. The van der Waals surface area contributed by atoms with Gasteiger partial charge in [-0.2, -0.15) is 10.1 Å². The summed E-state index contributed by atoms with van der Waals surface area (Å²) in [6.07, 6.45) is 1.22. The molecule has 0 radical (unpaired) electrons. The van der Waals surface area contributed by atoms with Crippen molar-refractivity contribution < 1.29 is 23.6 Å². The van der Waals surface area contributed by atoms with Gasteiger partial charge in [-0.05, 0) is 42.5 Å². The van der Waals surface area contributed by atoms with Crippen molar-refractivity contribution in [3.8, 4) is 11.5 Å². The van der Waals surface area contributed by atoms with Crippen LogP contribution in [0.4, 0.5) is 11.0 Å². The standard InChI is InChI=1S/C21H15BrN4O6S/c1-30-16-7-3-12(9-17(16)31-2)20(27)25(23-11-14-5-8-19(32-14)26(28)29)21-24-15-6-4-13(22)10-18(15)33-21/h3-11H,1-2H3/b23-11+. The fraction of sp³-hybridized carbons (Fsp3) is 0.0952. The first-order chi connectivity index (χ1) is 15.9. The molecule has 2 aromatic heterocycles. The summed E-state index contributed by atoms with van der Waals surface area (Å²) in [5.41, 5.74) is 0.961. The van der Waals surface area contributed by atoms with E-state index in [1.165, 1.54) is 50.0 Å². The number of hydrazone groups is 1. The van der Waals surface area contributed by atoms with Gasteiger partial charge in [0.25, 0.3) is 5.91 Å². The van der Waals surface area contributed by atoms with Crippen molar-refractivity contribution in [1.82, 2.24) is 4.98 Å². The van der Waals surface area contributed by atoms with E-state index in [2.05, 4.69) is 26.0 Å². The lowest BCUT2D eigenvalue weighted by molar-refractivity contribution is -0.402. The molecule has 33 heavy (non-hydrogen) atoms. The molecule has 0 bridgehead atoms. The van der Waals surface area contributed by atoms with E-state index >= 15 is 0 Å². The smallest absolute Gasteiger partial charge is 0.433 e. The Morgan fingerprint density at radius 2 is 1.97 bits per heavy atom. The highest BCUT2D eigenvalue weighted by molar-refractivity contribution is 9.10. The van der Waals surface area contributed by atoms with E-state index < -0.39 is 16.7 Å². The average Bonchev–Trinajstić information content (AvgIpc) is 3.45. The highest BCUT2D eigenvalue weighted by Gasteiger charge is 2.23. The molecule has 0 N–H and O–H groups in total. The summed E-state index contributed by atoms with van der Waals surface area (Å²) < 4.78 is 17.4. The highest BCUT2D eigenvalue weighted by atomic mass is 79.9. The number of carbonyl (C=O) groups excluding carboxylic acids is 1. The third-order valence-corrected chi connectivity index (χ3v) is 5.92. The average molecular weight is 531 g/mol. The van der Waals surface area contributed by atoms with Crippen LogP contribution in [0.2, 0.25) is 0 Å². The number of rotatable bonds is 7. The number of hydrogen-bond donors (Lipinski definition) is 0. The van der Waals surface area contributed by atoms with Crippen LogP contribution < -0.4 is 14.5 Å². The molecule has 0 aliphatic rings. The number of thiazole rings is 1. The van der Waals surface area contributed by atoms with Crippen LogP contribution in [0, 0.1) is 10.1 Å². The van der Waals surface area contributed by atoms with Gasteiger partial charge in [-0.25, -0.2) is 4.98 Å². The zero-order valence-electron chi connectivity index (χ0n) is 17.2. The molecule has 4 rings (SSSR count). The Labute approximate surface area is 199 Å². The predicted octanol–water partition coefficient (Wildman–Crippen LogP) is 5.26. The van der Waals surface area contributed by atoms with Crippen molar-refractivity contribution >= 4 is 60.6 Å². The van der Waals surface area contributed by atoms with Gasteiger partial charge in [-0.1, -0.05) is 27.3 Å². The van der Waals surface area contributed by atoms with Gasteiger partial charge < -0.3 is 13.9 Å². The number of aromatic nitrogens is 1. The van der Waals surface area contributed by atoms with Crippen molar-refractivity contribution in [2.75, 3.05) is 19.2 Å². The van der Waals surface area contributed by atoms with Crippen molar-refractivity contribution in [2.24, 2.45) is 5.10 Å². The van der Waals surface area contributed by atoms with Gasteiger partial charge in [0.05, 0.1) is 36.7 Å². The number of furan rings is 1. The number of benzene rings is 2. The summed E-state index contributed by atoms with van der Waals surface area (Å²) in [7, 11) is 2.97. The van der Waals surface area contributed by atoms with E-state index in [1.807, 2.05) is 18.2 Å². The molecule has 0 atom stereocenters. The first-order valence-electron chi connectivity index (χ1n) is 9.30. The molecule has 0 aliphatic carbocycles. The minimum Gasteiger partial charge on any atom is -0.493 e. The molecule has 2 heterocycles. The second kappa shape index (κ2) is 9.38. The Morgan fingerprint density at radius 1 is 1.18 bits per heavy atom. The Balaban J connectivity index is 1.76. The third-order valence-electron chi connectivity index (χ3n) is 4.44. The summed E-state index contributed by atoms with van der Waals surface area (Å²) in [6, 6.07) is 12.9. The molecule has 4 aromatic rings. The Hall–Kier alpha value is -3.77. The van der Waals surface area contributed by atoms with Crippen molar-refractivity contribution in [3.05, 3.63) is 74.4 Å². The maximum atomic E-state index is 13.4. The summed E-state index contributed by atoms with van der Waals surface area (Å²) in [4.78, 5) is 28.2. The molecular weight excluding hydrogens is 516 g/mol. The van der Waals surface area contributed by atoms with Gasteiger partial charge in [0, 0.05) is 10.0 Å². The number of methoxy groups -OCH3 is 2. The van der Waals surface area contributed by atoms with Gasteiger partial charge in [0.2, 0.25) is 5.13 Å². The Kier molecular flexibility index (Phi) is 6.38. The number of halogens is 1. The molecule has 0 spiro atoms. The van der Waals surface area contributed by atoms with E-state index in [0.29, 0.717) is 22.1 Å². The third kappa shape index (κ3) is 4.71. The molecule has 10 nitrogen and oxygen atoms in total. The van der Waals surface area contributed by atoms with Crippen molar-refractivity contribution in [1.29, 1.82) is 0 Å². The number of amides is 1. The summed E-state index contributed by atoms with van der Waals surface area (Å²) in [6.45, 7) is 0. The number of nitrogens with zero attached hydrogens (tertiary/aromatic N) is 4. The SMILES string of the molecule is COc1ccc(C(=O)N(/N=C/c2ccc([N+](=O)[O-])o2)c2nc3ccc(Br)cc3s2)cc1OC. The summed E-state index contributed by atoms with van der Waals surface area (Å²) in [5, 5.41) is 16.5. The highest BCUT2D eigenvalue weighted by Crippen LogP contribution is 2.33. The van der Waals surface area contributed by atoms with Gasteiger partial charge in [0.15, 0.2) is 17.3 Å². The minimum atomic E-state index is -0.657. The number of anilines is 1. The first kappa shape index (κ1) is 22.4. The molecule has 0 aliphatic heterocycles. The predicted molar refractivity (Wildman–Crippen MR) is 127 cm³/mol. The van der Waals surface area contributed by atoms with Crippen LogP contribution in [0.1, 0.15) is 16.1 Å². The number of ether oxygens (including phenoxy) is 2. The van der Waals surface area contributed by atoms with E-state index in [0.717, 1.165) is 14.2 Å². The second-order valence-electron chi connectivity index (χ2n) is 6.47. The van der Waals surface area contributed by atoms with Crippen LogP contribution in [0.25, 0.3) is 10.2 Å². The van der Waals surface area contributed by atoms with Gasteiger partial charge in [0.1, 0.15) is 4.92 Å². The molecule has 2 aromatic carbocycles. The largest absolute Gasteiger partial charge is 0.493 e. The maximum absolute atomic E-state index is 13.4. The monoisotopic (exact) mass is 530 g/mol. The lowest BCUT2D eigenvalue weighted by Gasteiger charge is -2.15. The van der Waals surface area contributed by atoms with E-state index in [1.54, 1.807) is 12.1 Å². The lowest BCUT2D eigenvalue weighted by Crippen LogP contribution is -2.25. The fourth-order valence-electron chi connectivity index (χ4n) is 2.88. The first-order valence-corrected chi connectivity index (χ1v) is 10.9. The number of nitro groups is 1. The van der Waals surface area contributed by atoms with E-state index in [9.17, 15) is 14.9 Å². The van der Waals surface area contributed by atoms with Gasteiger partial charge in [-0.15, -0.1) is 0 Å². The fourth-order valence-corrected chi connectivity index (χ4v) is 4.36. The summed E-state index contributed by atoms with van der Waals surface area (Å²) >= 11 is 4.69. The molecule has 0 saturated heterocycles. The maximum Gasteiger partial charge on any atom is 0.433 e. The van der Waals surface area contributed by atoms with E-state index in [-0.39, 0.29) is 11.3 Å². The van der Waals surface area contributed by atoms with Crippen molar-refractivity contribution in [3.63, 3.8) is 0 Å². The van der Waals surface area contributed by atoms with Crippen LogP contribution in [0.15, 0.2) is 62.5 Å². The van der Waals surface area contributed by atoms with Gasteiger partial charge in [-0.3, -0.25) is 14.9 Å². The van der Waals surface area contributed by atoms with Crippen LogP contribution in [0.5, 0.6) is 11.5 Å². The van der Waals surface area contributed by atoms with E-state index in [4.69, 9.17) is 13.9 Å². The van der Waals surface area contributed by atoms with Crippen molar-refractivity contribution in [2.45, 2.75) is 0 Å². The van der Waals surface area contributed by atoms with Crippen LogP contribution >= 0.6 is 27.3 Å². The number of hydrogen-bond acceptors (Lipinski definition) is 9. The summed E-state index contributed by atoms with van der Waals surface area (Å²) in [5.74, 6) is 0.0279. The zero-order valence-corrected chi connectivity index (χ0v) is 19.6. The Morgan fingerprint density at radius 3 is 2.67 bits per heavy atom. The number of carbonyl (C=O) groups is 1. The van der Waals surface area contributed by atoms with Gasteiger partial charge >= 0.3 is 5.88 Å². The molecule has 0 saturated carbocycles. The Bertz CT molecular complexity index is 1380. The topological polar surface area (TPSA) is 120 Å². The number of fused-ring (bicyclic) bond motifs is 1. The minimum absolute atomic E-state index is 0.107. The molecular formula is C21H15BrN4O6S.